The van der Waals surface area contributed by atoms with Gasteiger partial charge in [-0.3, -0.25) is 4.79 Å². The van der Waals surface area contributed by atoms with E-state index < -0.39 is 0 Å². The third-order valence-electron chi connectivity index (χ3n) is 3.70. The average Bonchev–Trinajstić information content (AvgIpc) is 2.87. The van der Waals surface area contributed by atoms with Crippen LogP contribution in [0, 0.1) is 5.92 Å². The van der Waals surface area contributed by atoms with Crippen LogP contribution in [0.5, 0.6) is 0 Å². The number of amides is 1. The summed E-state index contributed by atoms with van der Waals surface area (Å²) in [6, 6.07) is 0.626. The second kappa shape index (κ2) is 5.15. The topological polar surface area (TPSA) is 41.6 Å². The second-order valence-corrected chi connectivity index (χ2v) is 4.83. The molecule has 0 aromatic carbocycles. The predicted molar refractivity (Wildman–Crippen MR) is 62.2 cm³/mol. The predicted octanol–water partition coefficient (Wildman–Crippen LogP) is 0.622. The van der Waals surface area contributed by atoms with E-state index in [1.165, 1.54) is 0 Å². The van der Waals surface area contributed by atoms with Gasteiger partial charge in [0.05, 0.1) is 19.1 Å². The molecule has 0 aliphatic carbocycles. The largest absolute Gasteiger partial charge is 0.379 e. The van der Waals surface area contributed by atoms with Gasteiger partial charge in [0.2, 0.25) is 5.91 Å². The van der Waals surface area contributed by atoms with E-state index in [9.17, 15) is 4.79 Å². The van der Waals surface area contributed by atoms with Gasteiger partial charge in [0.25, 0.3) is 0 Å². The number of carbonyl (C=O) groups excluding carboxylic acids is 1. The molecular weight excluding hydrogens is 204 g/mol. The fraction of sp³-hybridized carbons (Fsp3) is 0.917. The molecule has 0 bridgehead atoms. The Balaban J connectivity index is 1.97. The Kier molecular flexibility index (Phi) is 3.82. The van der Waals surface area contributed by atoms with Crippen molar-refractivity contribution in [1.82, 2.24) is 10.2 Å². The Bertz CT molecular complexity index is 257. The van der Waals surface area contributed by atoms with Gasteiger partial charge in [-0.1, -0.05) is 6.92 Å². The average molecular weight is 226 g/mol. The lowest BCUT2D eigenvalue weighted by Crippen LogP contribution is -2.46. The number of hydrogen-bond acceptors (Lipinski definition) is 3. The molecule has 2 aliphatic rings. The molecule has 2 heterocycles. The lowest BCUT2D eigenvalue weighted by molar-refractivity contribution is -0.136. The van der Waals surface area contributed by atoms with Crippen molar-refractivity contribution in [2.45, 2.75) is 38.8 Å². The monoisotopic (exact) mass is 226 g/mol. The highest BCUT2D eigenvalue weighted by Crippen LogP contribution is 2.23. The van der Waals surface area contributed by atoms with E-state index >= 15 is 0 Å². The fourth-order valence-corrected chi connectivity index (χ4v) is 2.73. The summed E-state index contributed by atoms with van der Waals surface area (Å²) in [5.41, 5.74) is 0. The van der Waals surface area contributed by atoms with E-state index in [2.05, 4.69) is 19.2 Å². The zero-order chi connectivity index (χ0) is 11.5. The minimum Gasteiger partial charge on any atom is -0.379 e. The normalized spacial score (nSPS) is 34.6. The van der Waals surface area contributed by atoms with Gasteiger partial charge in [-0.15, -0.1) is 0 Å². The standard InChI is InChI=1S/C12H22N2O2/c1-3-13-11-8-16-7-10(11)12(15)14-6-4-5-9(14)2/h9-11,13H,3-8H2,1-2H3. The summed E-state index contributed by atoms with van der Waals surface area (Å²) in [5.74, 6) is 0.314. The number of rotatable bonds is 3. The lowest BCUT2D eigenvalue weighted by atomic mass is 10.0. The van der Waals surface area contributed by atoms with Crippen molar-refractivity contribution in [3.63, 3.8) is 0 Å². The summed E-state index contributed by atoms with van der Waals surface area (Å²) in [6.45, 7) is 7.29. The maximum atomic E-state index is 12.3. The molecule has 4 heteroatoms. The maximum Gasteiger partial charge on any atom is 0.229 e. The highest BCUT2D eigenvalue weighted by atomic mass is 16.5. The molecule has 0 aromatic heterocycles. The first-order chi connectivity index (χ1) is 7.74. The molecule has 0 spiro atoms. The van der Waals surface area contributed by atoms with E-state index in [-0.39, 0.29) is 17.9 Å². The van der Waals surface area contributed by atoms with Crippen molar-refractivity contribution in [3.8, 4) is 0 Å². The van der Waals surface area contributed by atoms with Crippen molar-refractivity contribution >= 4 is 5.91 Å². The quantitative estimate of drug-likeness (QED) is 0.767. The van der Waals surface area contributed by atoms with Crippen LogP contribution in [0.25, 0.3) is 0 Å². The highest BCUT2D eigenvalue weighted by molar-refractivity contribution is 5.80. The fourth-order valence-electron chi connectivity index (χ4n) is 2.73. The third kappa shape index (κ3) is 2.23. The molecule has 0 radical (unpaired) electrons. The van der Waals surface area contributed by atoms with E-state index in [0.717, 1.165) is 25.9 Å². The number of likely N-dealkylation sites (N-methyl/N-ethyl adjacent to an activating group) is 1. The SMILES string of the molecule is CCNC1COCC1C(=O)N1CCCC1C. The minimum atomic E-state index is 0.0282. The van der Waals surface area contributed by atoms with Gasteiger partial charge < -0.3 is 15.0 Å². The first-order valence-corrected chi connectivity index (χ1v) is 6.35. The number of hydrogen-bond donors (Lipinski definition) is 1. The number of carbonyl (C=O) groups is 1. The van der Waals surface area contributed by atoms with Crippen LogP contribution in [-0.2, 0) is 9.53 Å². The van der Waals surface area contributed by atoms with Crippen molar-refractivity contribution in [3.05, 3.63) is 0 Å². The van der Waals surface area contributed by atoms with Crippen LogP contribution >= 0.6 is 0 Å². The van der Waals surface area contributed by atoms with Gasteiger partial charge in [-0.05, 0) is 26.3 Å². The van der Waals surface area contributed by atoms with Crippen LogP contribution in [-0.4, -0.2) is 49.2 Å². The molecular formula is C12H22N2O2. The van der Waals surface area contributed by atoms with Crippen molar-refractivity contribution in [2.24, 2.45) is 5.92 Å². The molecule has 3 unspecified atom stereocenters. The molecule has 92 valence electrons. The molecule has 0 aromatic rings. The smallest absolute Gasteiger partial charge is 0.229 e. The first-order valence-electron chi connectivity index (χ1n) is 6.35. The van der Waals surface area contributed by atoms with Crippen LogP contribution < -0.4 is 5.32 Å². The maximum absolute atomic E-state index is 12.3. The molecule has 0 saturated carbocycles. The van der Waals surface area contributed by atoms with Crippen LogP contribution in [0.15, 0.2) is 0 Å². The summed E-state index contributed by atoms with van der Waals surface area (Å²) in [6.07, 6.45) is 2.29. The molecule has 16 heavy (non-hydrogen) atoms. The van der Waals surface area contributed by atoms with Crippen molar-refractivity contribution in [2.75, 3.05) is 26.3 Å². The zero-order valence-corrected chi connectivity index (χ0v) is 10.2. The molecule has 2 rings (SSSR count). The van der Waals surface area contributed by atoms with Gasteiger partial charge in [-0.2, -0.15) is 0 Å². The Morgan fingerprint density at radius 3 is 2.94 bits per heavy atom. The Morgan fingerprint density at radius 2 is 2.31 bits per heavy atom. The van der Waals surface area contributed by atoms with Crippen LogP contribution in [0.4, 0.5) is 0 Å². The Labute approximate surface area is 97.3 Å². The van der Waals surface area contributed by atoms with Crippen molar-refractivity contribution < 1.29 is 9.53 Å². The summed E-state index contributed by atoms with van der Waals surface area (Å²) in [4.78, 5) is 14.4. The first kappa shape index (κ1) is 11.9. The van der Waals surface area contributed by atoms with Gasteiger partial charge in [-0.25, -0.2) is 0 Å². The zero-order valence-electron chi connectivity index (χ0n) is 10.2. The molecule has 2 aliphatic heterocycles. The molecule has 3 atom stereocenters. The van der Waals surface area contributed by atoms with E-state index in [1.807, 2.05) is 4.90 Å². The summed E-state index contributed by atoms with van der Waals surface area (Å²) in [5, 5.41) is 3.34. The van der Waals surface area contributed by atoms with Gasteiger partial charge in [0, 0.05) is 18.6 Å². The van der Waals surface area contributed by atoms with Crippen LogP contribution in [0.1, 0.15) is 26.7 Å². The third-order valence-corrected chi connectivity index (χ3v) is 3.70. The second-order valence-electron chi connectivity index (χ2n) is 4.83. The van der Waals surface area contributed by atoms with E-state index in [0.29, 0.717) is 19.3 Å². The molecule has 1 N–H and O–H groups in total. The van der Waals surface area contributed by atoms with E-state index in [4.69, 9.17) is 4.74 Å². The summed E-state index contributed by atoms with van der Waals surface area (Å²) >= 11 is 0. The van der Waals surface area contributed by atoms with Gasteiger partial charge in [0.15, 0.2) is 0 Å². The highest BCUT2D eigenvalue weighted by Gasteiger charge is 2.38. The van der Waals surface area contributed by atoms with Gasteiger partial charge in [0.1, 0.15) is 0 Å². The van der Waals surface area contributed by atoms with Gasteiger partial charge >= 0.3 is 0 Å². The Morgan fingerprint density at radius 1 is 1.50 bits per heavy atom. The lowest BCUT2D eigenvalue weighted by Gasteiger charge is -2.27. The molecule has 2 fully saturated rings. The van der Waals surface area contributed by atoms with Crippen LogP contribution in [0.3, 0.4) is 0 Å². The summed E-state index contributed by atoms with van der Waals surface area (Å²) < 4.78 is 5.43. The number of likely N-dealkylation sites (tertiary alicyclic amines) is 1. The molecule has 2 saturated heterocycles. The number of nitrogens with one attached hydrogen (secondary N) is 1. The van der Waals surface area contributed by atoms with Crippen LogP contribution in [0.2, 0.25) is 0 Å². The minimum absolute atomic E-state index is 0.0282. The van der Waals surface area contributed by atoms with E-state index in [1.54, 1.807) is 0 Å². The Hall–Kier alpha value is -0.610. The van der Waals surface area contributed by atoms with Crippen molar-refractivity contribution in [1.29, 1.82) is 0 Å². The molecule has 1 amide bonds. The molecule has 4 nitrogen and oxygen atoms in total. The number of nitrogens with zero attached hydrogens (tertiary/aromatic N) is 1. The number of ether oxygens (including phenoxy) is 1. The summed E-state index contributed by atoms with van der Waals surface area (Å²) in [7, 11) is 0.